The van der Waals surface area contributed by atoms with Crippen LogP contribution < -0.4 is 5.73 Å². The lowest BCUT2D eigenvalue weighted by Gasteiger charge is -2.17. The molecule has 0 bridgehead atoms. The number of rotatable bonds is 5. The Morgan fingerprint density at radius 3 is 2.83 bits per heavy atom. The summed E-state index contributed by atoms with van der Waals surface area (Å²) in [5.41, 5.74) is 7.84. The molecule has 2 aromatic rings. The largest absolute Gasteiger partial charge is 0.325 e. The van der Waals surface area contributed by atoms with Crippen molar-refractivity contribution in [2.45, 2.75) is 19.6 Å². The molecule has 3 nitrogen and oxygen atoms in total. The number of aromatic nitrogens is 1. The second-order valence-electron chi connectivity index (χ2n) is 4.19. The first kappa shape index (κ1) is 13.5. The van der Waals surface area contributed by atoms with E-state index in [1.807, 2.05) is 12.1 Å². The minimum Gasteiger partial charge on any atom is -0.325 e. The standard InChI is InChI=1S/C13H16ClN3S/c1-17(9-11-4-5-13(14)18-11)8-10-3-2-6-16-12(10)7-15/h2-6H,7-9,15H2,1H3. The van der Waals surface area contributed by atoms with E-state index in [0.29, 0.717) is 6.54 Å². The second kappa shape index (κ2) is 6.29. The Morgan fingerprint density at radius 2 is 2.17 bits per heavy atom. The first-order valence-electron chi connectivity index (χ1n) is 5.74. The summed E-state index contributed by atoms with van der Waals surface area (Å²) in [7, 11) is 2.08. The maximum Gasteiger partial charge on any atom is 0.0931 e. The predicted octanol–water partition coefficient (Wildman–Crippen LogP) is 2.89. The molecule has 2 rings (SSSR count). The van der Waals surface area contributed by atoms with Gasteiger partial charge >= 0.3 is 0 Å². The van der Waals surface area contributed by atoms with Crippen molar-refractivity contribution in [3.8, 4) is 0 Å². The Labute approximate surface area is 116 Å². The molecular weight excluding hydrogens is 266 g/mol. The van der Waals surface area contributed by atoms with E-state index in [0.717, 1.165) is 23.1 Å². The van der Waals surface area contributed by atoms with Crippen molar-refractivity contribution in [2.24, 2.45) is 5.73 Å². The van der Waals surface area contributed by atoms with Crippen LogP contribution in [0.15, 0.2) is 30.5 Å². The highest BCUT2D eigenvalue weighted by atomic mass is 35.5. The summed E-state index contributed by atoms with van der Waals surface area (Å²) in [5.74, 6) is 0. The lowest BCUT2D eigenvalue weighted by atomic mass is 10.2. The van der Waals surface area contributed by atoms with Crippen molar-refractivity contribution in [3.05, 3.63) is 50.9 Å². The minimum atomic E-state index is 0.481. The highest BCUT2D eigenvalue weighted by molar-refractivity contribution is 7.16. The van der Waals surface area contributed by atoms with Crippen LogP contribution in [0.5, 0.6) is 0 Å². The van der Waals surface area contributed by atoms with Crippen LogP contribution in [0.2, 0.25) is 4.34 Å². The van der Waals surface area contributed by atoms with Crippen molar-refractivity contribution in [1.82, 2.24) is 9.88 Å². The van der Waals surface area contributed by atoms with Gasteiger partial charge in [-0.05, 0) is 30.8 Å². The van der Waals surface area contributed by atoms with Crippen LogP contribution in [-0.4, -0.2) is 16.9 Å². The summed E-state index contributed by atoms with van der Waals surface area (Å²) in [6.07, 6.45) is 1.78. The molecule has 0 aliphatic rings. The molecule has 0 radical (unpaired) electrons. The summed E-state index contributed by atoms with van der Waals surface area (Å²) in [6, 6.07) is 8.03. The number of nitrogens with zero attached hydrogens (tertiary/aromatic N) is 2. The van der Waals surface area contributed by atoms with Crippen molar-refractivity contribution < 1.29 is 0 Å². The first-order chi connectivity index (χ1) is 8.69. The Bertz CT molecular complexity index is 512. The van der Waals surface area contributed by atoms with Gasteiger partial charge in [0, 0.05) is 30.7 Å². The van der Waals surface area contributed by atoms with E-state index in [2.05, 4.69) is 29.1 Å². The van der Waals surface area contributed by atoms with Gasteiger partial charge in [-0.3, -0.25) is 9.88 Å². The van der Waals surface area contributed by atoms with Crippen LogP contribution in [-0.2, 0) is 19.6 Å². The van der Waals surface area contributed by atoms with Gasteiger partial charge in [0.15, 0.2) is 0 Å². The zero-order valence-corrected chi connectivity index (χ0v) is 11.8. The van der Waals surface area contributed by atoms with Crippen LogP contribution in [0.25, 0.3) is 0 Å². The van der Waals surface area contributed by atoms with Gasteiger partial charge in [0.1, 0.15) is 0 Å². The molecule has 0 aromatic carbocycles. The summed E-state index contributed by atoms with van der Waals surface area (Å²) >= 11 is 7.55. The molecule has 2 aromatic heterocycles. The second-order valence-corrected chi connectivity index (χ2v) is 5.99. The van der Waals surface area contributed by atoms with Crippen LogP contribution in [0.4, 0.5) is 0 Å². The number of thiophene rings is 1. The molecular formula is C13H16ClN3S. The molecule has 5 heteroatoms. The number of hydrogen-bond donors (Lipinski definition) is 1. The number of nitrogens with two attached hydrogens (primary N) is 1. The quantitative estimate of drug-likeness (QED) is 0.916. The van der Waals surface area contributed by atoms with Crippen molar-refractivity contribution in [3.63, 3.8) is 0 Å². The molecule has 0 aliphatic carbocycles. The van der Waals surface area contributed by atoms with Gasteiger partial charge in [-0.1, -0.05) is 17.7 Å². The fraction of sp³-hybridized carbons (Fsp3) is 0.308. The van der Waals surface area contributed by atoms with Gasteiger partial charge in [-0.25, -0.2) is 0 Å². The van der Waals surface area contributed by atoms with Gasteiger partial charge in [-0.2, -0.15) is 0 Å². The van der Waals surface area contributed by atoms with E-state index in [-0.39, 0.29) is 0 Å². The van der Waals surface area contributed by atoms with E-state index >= 15 is 0 Å². The molecule has 0 fully saturated rings. The van der Waals surface area contributed by atoms with Gasteiger partial charge < -0.3 is 5.73 Å². The number of halogens is 1. The topological polar surface area (TPSA) is 42.2 Å². The monoisotopic (exact) mass is 281 g/mol. The van der Waals surface area contributed by atoms with Gasteiger partial charge in [0.05, 0.1) is 10.0 Å². The van der Waals surface area contributed by atoms with Crippen LogP contribution >= 0.6 is 22.9 Å². The maximum atomic E-state index is 5.93. The highest BCUT2D eigenvalue weighted by Crippen LogP contribution is 2.22. The molecule has 0 saturated carbocycles. The molecule has 0 spiro atoms. The van der Waals surface area contributed by atoms with Crippen molar-refractivity contribution in [2.75, 3.05) is 7.05 Å². The third kappa shape index (κ3) is 3.53. The van der Waals surface area contributed by atoms with Crippen LogP contribution in [0, 0.1) is 0 Å². The Kier molecular flexibility index (Phi) is 4.72. The average Bonchev–Trinajstić information content (AvgIpc) is 2.75. The predicted molar refractivity (Wildman–Crippen MR) is 76.6 cm³/mol. The minimum absolute atomic E-state index is 0.481. The fourth-order valence-electron chi connectivity index (χ4n) is 1.85. The smallest absolute Gasteiger partial charge is 0.0931 e. The highest BCUT2D eigenvalue weighted by Gasteiger charge is 2.07. The normalized spacial score (nSPS) is 11.1. The first-order valence-corrected chi connectivity index (χ1v) is 6.94. The van der Waals surface area contributed by atoms with E-state index < -0.39 is 0 Å². The van der Waals surface area contributed by atoms with Crippen LogP contribution in [0.1, 0.15) is 16.1 Å². The zero-order chi connectivity index (χ0) is 13.0. The molecule has 0 unspecified atom stereocenters. The molecule has 2 N–H and O–H groups in total. The van der Waals surface area contributed by atoms with Crippen LogP contribution in [0.3, 0.4) is 0 Å². The number of pyridine rings is 1. The average molecular weight is 282 g/mol. The van der Waals surface area contributed by atoms with Gasteiger partial charge in [0.25, 0.3) is 0 Å². The van der Waals surface area contributed by atoms with Gasteiger partial charge in [-0.15, -0.1) is 11.3 Å². The molecule has 0 saturated heterocycles. The van der Waals surface area contributed by atoms with E-state index in [4.69, 9.17) is 17.3 Å². The number of hydrogen-bond acceptors (Lipinski definition) is 4. The summed E-state index contributed by atoms with van der Waals surface area (Å²) in [4.78, 5) is 7.79. The molecule has 0 aliphatic heterocycles. The SMILES string of the molecule is CN(Cc1ccc(Cl)s1)Cc1cccnc1CN. The Balaban J connectivity index is 2.00. The van der Waals surface area contributed by atoms with E-state index in [1.165, 1.54) is 10.4 Å². The molecule has 18 heavy (non-hydrogen) atoms. The summed E-state index contributed by atoms with van der Waals surface area (Å²) in [5, 5.41) is 0. The van der Waals surface area contributed by atoms with Gasteiger partial charge in [0.2, 0.25) is 0 Å². The molecule has 0 atom stereocenters. The van der Waals surface area contributed by atoms with Crippen molar-refractivity contribution in [1.29, 1.82) is 0 Å². The van der Waals surface area contributed by atoms with E-state index in [9.17, 15) is 0 Å². The Morgan fingerprint density at radius 1 is 1.33 bits per heavy atom. The third-order valence-electron chi connectivity index (χ3n) is 2.67. The summed E-state index contributed by atoms with van der Waals surface area (Å²) in [6.45, 7) is 2.21. The third-order valence-corrected chi connectivity index (χ3v) is 3.89. The lowest BCUT2D eigenvalue weighted by molar-refractivity contribution is 0.320. The van der Waals surface area contributed by atoms with E-state index in [1.54, 1.807) is 17.5 Å². The molecule has 0 amide bonds. The Hall–Kier alpha value is -0.940. The summed E-state index contributed by atoms with van der Waals surface area (Å²) < 4.78 is 0.836. The fourth-order valence-corrected chi connectivity index (χ4v) is 3.02. The van der Waals surface area contributed by atoms with Crippen molar-refractivity contribution >= 4 is 22.9 Å². The molecule has 96 valence electrons. The maximum absolute atomic E-state index is 5.93. The zero-order valence-electron chi connectivity index (χ0n) is 10.3. The lowest BCUT2D eigenvalue weighted by Crippen LogP contribution is -2.18. The molecule has 2 heterocycles.